The van der Waals surface area contributed by atoms with Crippen LogP contribution in [0.4, 0.5) is 0 Å². The van der Waals surface area contributed by atoms with E-state index in [2.05, 4.69) is 22.6 Å². The van der Waals surface area contributed by atoms with Crippen LogP contribution in [0.2, 0.25) is 0 Å². The SMILES string of the molecule is COC(=C1C2CC3CC1C[N+](Cl)(C3)C2)c1ccc(I)c(O)c1. The van der Waals surface area contributed by atoms with Crippen molar-refractivity contribution in [3.05, 3.63) is 32.9 Å². The molecule has 22 heavy (non-hydrogen) atoms. The zero-order chi connectivity index (χ0) is 15.5. The molecule has 0 amide bonds. The van der Waals surface area contributed by atoms with Crippen molar-refractivity contribution in [2.24, 2.45) is 17.8 Å². The molecule has 4 bridgehead atoms. The van der Waals surface area contributed by atoms with Crippen LogP contribution in [0, 0.1) is 21.3 Å². The number of benzene rings is 1. The molecule has 0 aromatic heterocycles. The highest BCUT2D eigenvalue weighted by atomic mass is 127. The Morgan fingerprint density at radius 1 is 1.27 bits per heavy atom. The molecule has 0 radical (unpaired) electrons. The third kappa shape index (κ3) is 2.34. The van der Waals surface area contributed by atoms with Crippen LogP contribution in [0.3, 0.4) is 0 Å². The zero-order valence-electron chi connectivity index (χ0n) is 12.6. The molecule has 3 heterocycles. The van der Waals surface area contributed by atoms with Crippen molar-refractivity contribution in [2.45, 2.75) is 12.8 Å². The average Bonchev–Trinajstić information content (AvgIpc) is 2.44. The summed E-state index contributed by atoms with van der Waals surface area (Å²) in [7, 11) is 1.74. The van der Waals surface area contributed by atoms with Crippen LogP contribution >= 0.6 is 34.4 Å². The van der Waals surface area contributed by atoms with Crippen molar-refractivity contribution in [2.75, 3.05) is 26.7 Å². The minimum absolute atomic E-state index is 0.321. The van der Waals surface area contributed by atoms with E-state index in [0.29, 0.717) is 17.6 Å². The van der Waals surface area contributed by atoms with Gasteiger partial charge in [0, 0.05) is 23.3 Å². The molecular weight excluding hydrogens is 413 g/mol. The van der Waals surface area contributed by atoms with Crippen LogP contribution in [0.25, 0.3) is 5.76 Å². The molecule has 1 saturated carbocycles. The number of rotatable bonds is 2. The van der Waals surface area contributed by atoms with Gasteiger partial charge in [-0.3, -0.25) is 0 Å². The van der Waals surface area contributed by atoms with Crippen LogP contribution in [-0.2, 0) is 4.74 Å². The summed E-state index contributed by atoms with van der Waals surface area (Å²) < 4.78 is 7.39. The first-order chi connectivity index (χ1) is 10.5. The van der Waals surface area contributed by atoms with Gasteiger partial charge < -0.3 is 9.84 Å². The van der Waals surface area contributed by atoms with Crippen molar-refractivity contribution in [1.82, 2.24) is 0 Å². The van der Waals surface area contributed by atoms with E-state index in [-0.39, 0.29) is 0 Å². The standard InChI is InChI=1S/C17H19ClINO2/c1-22-17(11-2-3-14(19)15(21)6-11)16-12-4-10-5-13(16)9-20(18,7-10)8-12/h2-3,6,10,12-13H,4-5,7-9H2,1H3/p+1. The van der Waals surface area contributed by atoms with E-state index in [1.165, 1.54) is 18.4 Å². The first-order valence-corrected chi connectivity index (χ1v) is 9.23. The van der Waals surface area contributed by atoms with E-state index in [9.17, 15) is 5.11 Å². The fraction of sp³-hybridized carbons (Fsp3) is 0.529. The maximum absolute atomic E-state index is 10.0. The Bertz CT molecular complexity index is 642. The summed E-state index contributed by atoms with van der Waals surface area (Å²) in [4.78, 5) is 0. The Labute approximate surface area is 149 Å². The summed E-state index contributed by atoms with van der Waals surface area (Å²) in [5.41, 5.74) is 2.42. The van der Waals surface area contributed by atoms with Crippen LogP contribution in [-0.4, -0.2) is 35.9 Å². The lowest BCUT2D eigenvalue weighted by Gasteiger charge is -2.54. The third-order valence-electron chi connectivity index (χ3n) is 5.47. The monoisotopic (exact) mass is 432 g/mol. The van der Waals surface area contributed by atoms with Crippen LogP contribution in [0.5, 0.6) is 5.75 Å². The summed E-state index contributed by atoms with van der Waals surface area (Å²) in [5, 5.41) is 10.0. The van der Waals surface area contributed by atoms with E-state index in [0.717, 1.165) is 44.4 Å². The zero-order valence-corrected chi connectivity index (χ0v) is 15.5. The van der Waals surface area contributed by atoms with Gasteiger partial charge in [0.15, 0.2) is 11.8 Å². The molecule has 2 atom stereocenters. The predicted octanol–water partition coefficient (Wildman–Crippen LogP) is 3.99. The number of halogens is 2. The summed E-state index contributed by atoms with van der Waals surface area (Å²) in [5.74, 6) is 3.11. The lowest BCUT2D eigenvalue weighted by Crippen LogP contribution is -2.61. The number of piperidine rings is 3. The lowest BCUT2D eigenvalue weighted by molar-refractivity contribution is -0.844. The maximum Gasteiger partial charge on any atom is 0.165 e. The van der Waals surface area contributed by atoms with Gasteiger partial charge in [-0.15, -0.1) is 0 Å². The summed E-state index contributed by atoms with van der Waals surface area (Å²) in [6.45, 7) is 3.18. The minimum atomic E-state index is 0.321. The first-order valence-electron chi connectivity index (χ1n) is 7.82. The second-order valence-corrected chi connectivity index (χ2v) is 8.84. The Kier molecular flexibility index (Phi) is 3.62. The summed E-state index contributed by atoms with van der Waals surface area (Å²) in [6.07, 6.45) is 2.48. The van der Waals surface area contributed by atoms with Crippen molar-refractivity contribution in [3.8, 4) is 5.75 Å². The van der Waals surface area contributed by atoms with E-state index < -0.39 is 0 Å². The van der Waals surface area contributed by atoms with E-state index in [1.54, 1.807) is 7.11 Å². The molecule has 0 spiro atoms. The van der Waals surface area contributed by atoms with Gasteiger partial charge in [-0.2, -0.15) is 0 Å². The molecule has 3 saturated heterocycles. The molecule has 5 rings (SSSR count). The number of hydrogen-bond acceptors (Lipinski definition) is 2. The van der Waals surface area contributed by atoms with Crippen LogP contribution in [0.15, 0.2) is 23.8 Å². The Morgan fingerprint density at radius 2 is 1.95 bits per heavy atom. The molecule has 1 aromatic carbocycles. The highest BCUT2D eigenvalue weighted by Crippen LogP contribution is 2.53. The fourth-order valence-electron chi connectivity index (χ4n) is 4.89. The number of aromatic hydroxyl groups is 1. The molecule has 3 aliphatic heterocycles. The maximum atomic E-state index is 10.0. The Balaban J connectivity index is 1.79. The van der Waals surface area contributed by atoms with Crippen LogP contribution in [0.1, 0.15) is 18.4 Å². The second-order valence-electron chi connectivity index (χ2n) is 6.96. The fourth-order valence-corrected chi connectivity index (χ4v) is 5.75. The molecule has 1 aromatic rings. The predicted molar refractivity (Wildman–Crippen MR) is 95.2 cm³/mol. The highest BCUT2D eigenvalue weighted by molar-refractivity contribution is 14.1. The van der Waals surface area contributed by atoms with Crippen LogP contribution < -0.4 is 0 Å². The van der Waals surface area contributed by atoms with Gasteiger partial charge in [-0.25, -0.2) is 4.00 Å². The molecule has 4 fully saturated rings. The van der Waals surface area contributed by atoms with Crippen molar-refractivity contribution in [1.29, 1.82) is 0 Å². The quantitative estimate of drug-likeness (QED) is 0.435. The molecule has 5 heteroatoms. The number of phenolic OH excluding ortho intramolecular Hbond substituents is 1. The van der Waals surface area contributed by atoms with E-state index in [1.807, 2.05) is 18.2 Å². The number of hydrogen-bond donors (Lipinski definition) is 1. The van der Waals surface area contributed by atoms with Crippen molar-refractivity contribution in [3.63, 3.8) is 0 Å². The number of nitrogens with zero attached hydrogens (tertiary/aromatic N) is 1. The number of ether oxygens (including phenoxy) is 1. The highest BCUT2D eigenvalue weighted by Gasteiger charge is 2.55. The molecule has 3 nitrogen and oxygen atoms in total. The van der Waals surface area contributed by atoms with Crippen molar-refractivity contribution < 1.29 is 13.8 Å². The molecule has 4 aliphatic rings. The van der Waals surface area contributed by atoms with Gasteiger partial charge in [-0.1, -0.05) is 0 Å². The second kappa shape index (κ2) is 5.28. The number of phenols is 1. The van der Waals surface area contributed by atoms with Gasteiger partial charge in [0.2, 0.25) is 0 Å². The first kappa shape index (κ1) is 15.1. The Morgan fingerprint density at radius 3 is 2.50 bits per heavy atom. The average molecular weight is 433 g/mol. The molecule has 1 aliphatic carbocycles. The lowest BCUT2D eigenvalue weighted by atomic mass is 9.64. The molecular formula is C17H20ClINO2+. The van der Waals surface area contributed by atoms with Gasteiger partial charge >= 0.3 is 0 Å². The molecule has 1 N–H and O–H groups in total. The largest absolute Gasteiger partial charge is 0.507 e. The summed E-state index contributed by atoms with van der Waals surface area (Å²) >= 11 is 8.91. The third-order valence-corrected chi connectivity index (χ3v) is 6.80. The van der Waals surface area contributed by atoms with Gasteiger partial charge in [0.1, 0.15) is 24.6 Å². The topological polar surface area (TPSA) is 29.5 Å². The number of quaternary nitrogens is 1. The van der Waals surface area contributed by atoms with Crippen molar-refractivity contribution >= 4 is 40.1 Å². The van der Waals surface area contributed by atoms with E-state index >= 15 is 0 Å². The summed E-state index contributed by atoms with van der Waals surface area (Å²) in [6, 6.07) is 5.81. The van der Waals surface area contributed by atoms with Gasteiger partial charge in [0.05, 0.1) is 17.2 Å². The molecule has 118 valence electrons. The Hall–Kier alpha value is -0.460. The van der Waals surface area contributed by atoms with E-state index in [4.69, 9.17) is 16.5 Å². The normalized spacial score (nSPS) is 35.8. The number of methoxy groups -OCH3 is 1. The molecule has 2 unspecified atom stereocenters. The minimum Gasteiger partial charge on any atom is -0.507 e. The smallest absolute Gasteiger partial charge is 0.165 e. The van der Waals surface area contributed by atoms with Gasteiger partial charge in [0.25, 0.3) is 0 Å². The van der Waals surface area contributed by atoms with Gasteiger partial charge in [-0.05, 0) is 59.2 Å².